The van der Waals surface area contributed by atoms with Crippen LogP contribution in [-0.2, 0) is 6.54 Å². The van der Waals surface area contributed by atoms with Crippen molar-refractivity contribution in [2.24, 2.45) is 0 Å². The van der Waals surface area contributed by atoms with E-state index in [2.05, 4.69) is 39.7 Å². The highest BCUT2D eigenvalue weighted by atomic mass is 15.4. The summed E-state index contributed by atoms with van der Waals surface area (Å²) in [6, 6.07) is 10.5. The lowest BCUT2D eigenvalue weighted by Crippen LogP contribution is -2.26. The Morgan fingerprint density at radius 1 is 1.31 bits per heavy atom. The summed E-state index contributed by atoms with van der Waals surface area (Å²) in [5.41, 5.74) is 1.36. The first-order valence-electron chi connectivity index (χ1n) is 5.53. The smallest absolute Gasteiger partial charge is 0.221 e. The topological polar surface area (TPSA) is 42.7 Å². The lowest BCUT2D eigenvalue weighted by molar-refractivity contribution is 0.502. The summed E-state index contributed by atoms with van der Waals surface area (Å²) >= 11 is 0. The Morgan fingerprint density at radius 3 is 2.94 bits per heavy atom. The first-order chi connectivity index (χ1) is 7.83. The molecule has 0 saturated carbocycles. The molecular formula is C12H14N4. The van der Waals surface area contributed by atoms with E-state index < -0.39 is 0 Å². The van der Waals surface area contributed by atoms with Crippen molar-refractivity contribution < 1.29 is 0 Å². The second-order valence-electron chi connectivity index (χ2n) is 4.15. The minimum atomic E-state index is 0.481. The maximum Gasteiger partial charge on any atom is 0.221 e. The van der Waals surface area contributed by atoms with E-state index in [9.17, 15) is 0 Å². The highest BCUT2D eigenvalue weighted by molar-refractivity contribution is 5.31. The van der Waals surface area contributed by atoms with E-state index in [4.69, 9.17) is 0 Å². The van der Waals surface area contributed by atoms with Gasteiger partial charge in [-0.3, -0.25) is 0 Å². The first-order valence-corrected chi connectivity index (χ1v) is 5.53. The standard InChI is InChI=1S/C12H14N4/c1-9-14-12-13-7-11(8-16(12)15-9)10-5-3-2-4-6-10/h2-6,11H,7-8H2,1H3,(H,13,14,15). The van der Waals surface area contributed by atoms with Crippen LogP contribution >= 0.6 is 0 Å². The Hall–Kier alpha value is -1.84. The van der Waals surface area contributed by atoms with Crippen molar-refractivity contribution >= 4 is 5.95 Å². The number of rotatable bonds is 1. The number of fused-ring (bicyclic) bond motifs is 1. The molecular weight excluding hydrogens is 200 g/mol. The van der Waals surface area contributed by atoms with Crippen LogP contribution in [0.4, 0.5) is 5.95 Å². The van der Waals surface area contributed by atoms with Crippen LogP contribution in [0.2, 0.25) is 0 Å². The lowest BCUT2D eigenvalue weighted by Gasteiger charge is -2.23. The van der Waals surface area contributed by atoms with Gasteiger partial charge in [-0.25, -0.2) is 4.68 Å². The largest absolute Gasteiger partial charge is 0.354 e. The second-order valence-corrected chi connectivity index (χ2v) is 4.15. The highest BCUT2D eigenvalue weighted by Gasteiger charge is 2.21. The zero-order valence-electron chi connectivity index (χ0n) is 9.22. The summed E-state index contributed by atoms with van der Waals surface area (Å²) in [4.78, 5) is 4.32. The van der Waals surface area contributed by atoms with E-state index in [0.717, 1.165) is 24.9 Å². The quantitative estimate of drug-likeness (QED) is 0.787. The fourth-order valence-electron chi connectivity index (χ4n) is 2.15. The van der Waals surface area contributed by atoms with Gasteiger partial charge in [-0.05, 0) is 12.5 Å². The van der Waals surface area contributed by atoms with Gasteiger partial charge in [0.05, 0.1) is 6.54 Å². The molecule has 0 spiro atoms. The van der Waals surface area contributed by atoms with Crippen molar-refractivity contribution in [3.8, 4) is 0 Å². The van der Waals surface area contributed by atoms with E-state index in [1.54, 1.807) is 0 Å². The van der Waals surface area contributed by atoms with Crippen LogP contribution in [0.3, 0.4) is 0 Å². The number of anilines is 1. The first kappa shape index (κ1) is 9.39. The Labute approximate surface area is 94.3 Å². The fraction of sp³-hybridized carbons (Fsp3) is 0.333. The van der Waals surface area contributed by atoms with Gasteiger partial charge in [-0.15, -0.1) is 0 Å². The molecule has 0 amide bonds. The molecule has 1 aromatic heterocycles. The Morgan fingerprint density at radius 2 is 2.12 bits per heavy atom. The van der Waals surface area contributed by atoms with Crippen molar-refractivity contribution in [2.75, 3.05) is 11.9 Å². The number of nitrogens with zero attached hydrogens (tertiary/aromatic N) is 3. The third-order valence-corrected chi connectivity index (χ3v) is 2.95. The summed E-state index contributed by atoms with van der Waals surface area (Å²) in [6.07, 6.45) is 0. The van der Waals surface area contributed by atoms with Crippen LogP contribution in [0.25, 0.3) is 0 Å². The normalized spacial score (nSPS) is 18.9. The van der Waals surface area contributed by atoms with Crippen LogP contribution in [0, 0.1) is 6.92 Å². The Kier molecular flexibility index (Phi) is 2.13. The van der Waals surface area contributed by atoms with E-state index in [-0.39, 0.29) is 0 Å². The molecule has 0 saturated heterocycles. The van der Waals surface area contributed by atoms with E-state index in [1.807, 2.05) is 17.7 Å². The highest BCUT2D eigenvalue weighted by Crippen LogP contribution is 2.23. The predicted octanol–water partition coefficient (Wildman–Crippen LogP) is 1.80. The van der Waals surface area contributed by atoms with Crippen molar-refractivity contribution in [3.05, 3.63) is 41.7 Å². The molecule has 0 fully saturated rings. The van der Waals surface area contributed by atoms with Gasteiger partial charge in [0.1, 0.15) is 5.82 Å². The average molecular weight is 214 g/mol. The zero-order chi connectivity index (χ0) is 11.0. The minimum Gasteiger partial charge on any atom is -0.354 e. The van der Waals surface area contributed by atoms with Crippen molar-refractivity contribution in [1.82, 2.24) is 14.8 Å². The predicted molar refractivity (Wildman–Crippen MR) is 62.4 cm³/mol. The molecule has 4 nitrogen and oxygen atoms in total. The SMILES string of the molecule is Cc1nc2n(n1)CC(c1ccccc1)CN2. The summed E-state index contributed by atoms with van der Waals surface area (Å²) in [5, 5.41) is 7.69. The molecule has 0 radical (unpaired) electrons. The molecule has 0 aliphatic carbocycles. The van der Waals surface area contributed by atoms with Gasteiger partial charge in [-0.2, -0.15) is 10.1 Å². The second kappa shape index (κ2) is 3.63. The molecule has 2 heterocycles. The summed E-state index contributed by atoms with van der Waals surface area (Å²) in [7, 11) is 0. The van der Waals surface area contributed by atoms with Crippen LogP contribution in [0.15, 0.2) is 30.3 Å². The van der Waals surface area contributed by atoms with E-state index >= 15 is 0 Å². The molecule has 1 unspecified atom stereocenters. The van der Waals surface area contributed by atoms with Gasteiger partial charge in [0, 0.05) is 12.5 Å². The van der Waals surface area contributed by atoms with Crippen molar-refractivity contribution in [2.45, 2.75) is 19.4 Å². The molecule has 1 N–H and O–H groups in total. The summed E-state index contributed by atoms with van der Waals surface area (Å²) in [5.74, 6) is 2.20. The molecule has 1 aromatic carbocycles. The molecule has 4 heteroatoms. The molecule has 1 aliphatic heterocycles. The maximum atomic E-state index is 4.37. The van der Waals surface area contributed by atoms with Crippen molar-refractivity contribution in [1.29, 1.82) is 0 Å². The van der Waals surface area contributed by atoms with Crippen LogP contribution in [0.5, 0.6) is 0 Å². The molecule has 0 bridgehead atoms. The van der Waals surface area contributed by atoms with Gasteiger partial charge in [0.25, 0.3) is 0 Å². The van der Waals surface area contributed by atoms with Gasteiger partial charge in [-0.1, -0.05) is 30.3 Å². The van der Waals surface area contributed by atoms with Crippen LogP contribution < -0.4 is 5.32 Å². The third kappa shape index (κ3) is 1.56. The fourth-order valence-corrected chi connectivity index (χ4v) is 2.15. The monoisotopic (exact) mass is 214 g/mol. The average Bonchev–Trinajstić information content (AvgIpc) is 2.69. The number of hydrogen-bond donors (Lipinski definition) is 1. The number of aryl methyl sites for hydroxylation is 1. The molecule has 2 aromatic rings. The Balaban J connectivity index is 1.88. The number of aromatic nitrogens is 3. The summed E-state index contributed by atoms with van der Waals surface area (Å²) < 4.78 is 1.95. The molecule has 3 rings (SSSR count). The Bertz CT molecular complexity index is 489. The van der Waals surface area contributed by atoms with E-state index in [1.165, 1.54) is 5.56 Å². The minimum absolute atomic E-state index is 0.481. The number of hydrogen-bond acceptors (Lipinski definition) is 3. The number of nitrogens with one attached hydrogen (secondary N) is 1. The van der Waals surface area contributed by atoms with Gasteiger partial charge < -0.3 is 5.32 Å². The lowest BCUT2D eigenvalue weighted by atomic mass is 9.98. The molecule has 16 heavy (non-hydrogen) atoms. The van der Waals surface area contributed by atoms with Gasteiger partial charge in [0.2, 0.25) is 5.95 Å². The van der Waals surface area contributed by atoms with Gasteiger partial charge in [0.15, 0.2) is 0 Å². The zero-order valence-corrected chi connectivity index (χ0v) is 9.22. The third-order valence-electron chi connectivity index (χ3n) is 2.95. The summed E-state index contributed by atoms with van der Waals surface area (Å²) in [6.45, 7) is 3.76. The van der Waals surface area contributed by atoms with Gasteiger partial charge >= 0.3 is 0 Å². The van der Waals surface area contributed by atoms with E-state index in [0.29, 0.717) is 5.92 Å². The van der Waals surface area contributed by atoms with Crippen molar-refractivity contribution in [3.63, 3.8) is 0 Å². The maximum absolute atomic E-state index is 4.37. The molecule has 82 valence electrons. The van der Waals surface area contributed by atoms with Crippen LogP contribution in [0.1, 0.15) is 17.3 Å². The van der Waals surface area contributed by atoms with Crippen LogP contribution in [-0.4, -0.2) is 21.3 Å². The number of benzene rings is 1. The molecule has 1 atom stereocenters. The molecule has 1 aliphatic rings.